The Balaban J connectivity index is 1.66. The van der Waals surface area contributed by atoms with Crippen LogP contribution in [0.5, 0.6) is 23.0 Å². The number of carbonyl (C=O) groups is 2. The highest BCUT2D eigenvalue weighted by atomic mass is 32.1. The van der Waals surface area contributed by atoms with E-state index >= 15 is 0 Å². The topological polar surface area (TPSA) is 112 Å². The lowest BCUT2D eigenvalue weighted by molar-refractivity contribution is 0.0485. The second kappa shape index (κ2) is 11.8. The van der Waals surface area contributed by atoms with E-state index in [1.165, 1.54) is 43.5 Å². The number of aromatic hydroxyl groups is 2. The number of hydrogen-bond donors (Lipinski definition) is 3. The van der Waals surface area contributed by atoms with Crippen molar-refractivity contribution in [2.75, 3.05) is 20.3 Å². The second-order valence-corrected chi connectivity index (χ2v) is 6.72. The van der Waals surface area contributed by atoms with Crippen molar-refractivity contribution in [2.24, 2.45) is 0 Å². The standard InChI is InChI=1S/C22H24O8S/c1-14(9-11-29-22(26)16-6-8-20(30-31)18(24)13-16)4-3-10-28-21(25)15-5-7-19(27-2)17(23)12-15/h5-8,12-13,23-24,31H,1,3-4,9-11H2,2H3. The molecule has 0 heterocycles. The van der Waals surface area contributed by atoms with Crippen LogP contribution < -0.4 is 8.92 Å². The molecule has 0 bridgehead atoms. The molecule has 0 spiro atoms. The molecule has 31 heavy (non-hydrogen) atoms. The average Bonchev–Trinajstić information content (AvgIpc) is 2.76. The van der Waals surface area contributed by atoms with Crippen molar-refractivity contribution in [2.45, 2.75) is 19.3 Å². The van der Waals surface area contributed by atoms with Gasteiger partial charge in [0.05, 0.1) is 31.5 Å². The number of methoxy groups -OCH3 is 1. The molecular weight excluding hydrogens is 424 g/mol. The summed E-state index contributed by atoms with van der Waals surface area (Å²) < 4.78 is 19.9. The van der Waals surface area contributed by atoms with E-state index in [1.807, 2.05) is 0 Å². The van der Waals surface area contributed by atoms with Crippen LogP contribution >= 0.6 is 12.9 Å². The van der Waals surface area contributed by atoms with Gasteiger partial charge in [0, 0.05) is 19.3 Å². The van der Waals surface area contributed by atoms with Gasteiger partial charge in [-0.15, -0.1) is 0 Å². The molecule has 2 aromatic rings. The van der Waals surface area contributed by atoms with E-state index in [2.05, 4.69) is 23.7 Å². The number of hydrogen-bond acceptors (Lipinski definition) is 9. The molecule has 0 radical (unpaired) electrons. The van der Waals surface area contributed by atoms with Crippen LogP contribution in [0.25, 0.3) is 0 Å². The van der Waals surface area contributed by atoms with Crippen molar-refractivity contribution in [1.29, 1.82) is 0 Å². The highest BCUT2D eigenvalue weighted by Crippen LogP contribution is 2.28. The van der Waals surface area contributed by atoms with Gasteiger partial charge in [-0.1, -0.05) is 12.2 Å². The van der Waals surface area contributed by atoms with Crippen molar-refractivity contribution in [3.63, 3.8) is 0 Å². The molecule has 2 rings (SSSR count). The van der Waals surface area contributed by atoms with Crippen LogP contribution in [-0.4, -0.2) is 42.5 Å². The maximum absolute atomic E-state index is 12.0. The van der Waals surface area contributed by atoms with E-state index in [0.29, 0.717) is 19.3 Å². The smallest absolute Gasteiger partial charge is 0.338 e. The van der Waals surface area contributed by atoms with Crippen LogP contribution in [0.4, 0.5) is 0 Å². The van der Waals surface area contributed by atoms with Crippen molar-refractivity contribution in [1.82, 2.24) is 0 Å². The molecule has 0 atom stereocenters. The predicted molar refractivity (Wildman–Crippen MR) is 116 cm³/mol. The van der Waals surface area contributed by atoms with Gasteiger partial charge < -0.3 is 28.6 Å². The maximum atomic E-state index is 12.0. The summed E-state index contributed by atoms with van der Waals surface area (Å²) in [6, 6.07) is 8.38. The van der Waals surface area contributed by atoms with Gasteiger partial charge in [0.15, 0.2) is 23.0 Å². The first-order chi connectivity index (χ1) is 14.8. The number of ether oxygens (including phenoxy) is 3. The van der Waals surface area contributed by atoms with E-state index in [1.54, 1.807) is 0 Å². The normalized spacial score (nSPS) is 10.3. The fraction of sp³-hybridized carbons (Fsp3) is 0.273. The van der Waals surface area contributed by atoms with Gasteiger partial charge in [-0.05, 0) is 49.2 Å². The number of phenols is 2. The first-order valence-electron chi connectivity index (χ1n) is 9.38. The van der Waals surface area contributed by atoms with Gasteiger partial charge in [-0.3, -0.25) is 0 Å². The van der Waals surface area contributed by atoms with E-state index in [0.717, 1.165) is 5.57 Å². The monoisotopic (exact) mass is 448 g/mol. The zero-order valence-corrected chi connectivity index (χ0v) is 17.9. The number of esters is 2. The van der Waals surface area contributed by atoms with Crippen LogP contribution in [-0.2, 0) is 9.47 Å². The van der Waals surface area contributed by atoms with Gasteiger partial charge in [-0.2, -0.15) is 0 Å². The molecule has 0 aliphatic rings. The maximum Gasteiger partial charge on any atom is 0.338 e. The van der Waals surface area contributed by atoms with Gasteiger partial charge in [0.25, 0.3) is 0 Å². The molecule has 166 valence electrons. The minimum atomic E-state index is -0.578. The summed E-state index contributed by atoms with van der Waals surface area (Å²) >= 11 is 3.59. The number of rotatable bonds is 11. The van der Waals surface area contributed by atoms with E-state index in [9.17, 15) is 19.8 Å². The average molecular weight is 448 g/mol. The van der Waals surface area contributed by atoms with Crippen LogP contribution in [0.2, 0.25) is 0 Å². The summed E-state index contributed by atoms with van der Waals surface area (Å²) in [7, 11) is 1.42. The molecule has 0 amide bonds. The number of phenolic OH excluding ortho intramolecular Hbond substituents is 2. The zero-order valence-electron chi connectivity index (χ0n) is 17.0. The lowest BCUT2D eigenvalue weighted by Crippen LogP contribution is -2.08. The molecule has 0 saturated carbocycles. The third-order valence-electron chi connectivity index (χ3n) is 4.30. The van der Waals surface area contributed by atoms with Gasteiger partial charge in [-0.25, -0.2) is 9.59 Å². The Morgan fingerprint density at radius 2 is 1.45 bits per heavy atom. The summed E-state index contributed by atoms with van der Waals surface area (Å²) in [6.07, 6.45) is 1.60. The Kier molecular flexibility index (Phi) is 9.08. The Morgan fingerprint density at radius 1 is 0.903 bits per heavy atom. The molecule has 0 aromatic heterocycles. The highest BCUT2D eigenvalue weighted by molar-refractivity contribution is 7.75. The quantitative estimate of drug-likeness (QED) is 0.155. The molecule has 9 heteroatoms. The fourth-order valence-electron chi connectivity index (χ4n) is 2.61. The van der Waals surface area contributed by atoms with Gasteiger partial charge >= 0.3 is 11.9 Å². The predicted octanol–water partition coefficient (Wildman–Crippen LogP) is 4.07. The zero-order chi connectivity index (χ0) is 22.8. The lowest BCUT2D eigenvalue weighted by Gasteiger charge is -2.09. The fourth-order valence-corrected chi connectivity index (χ4v) is 2.76. The SMILES string of the molecule is C=C(CCCOC(=O)c1ccc(OC)c(O)c1)CCOC(=O)c1ccc(OS)c(O)c1. The van der Waals surface area contributed by atoms with E-state index in [-0.39, 0.29) is 47.3 Å². The third kappa shape index (κ3) is 7.14. The largest absolute Gasteiger partial charge is 0.504 e. The third-order valence-corrected chi connectivity index (χ3v) is 4.50. The van der Waals surface area contributed by atoms with Crippen molar-refractivity contribution in [3.8, 4) is 23.0 Å². The minimum absolute atomic E-state index is 0.133. The number of carbonyl (C=O) groups excluding carboxylic acids is 2. The molecule has 8 nitrogen and oxygen atoms in total. The summed E-state index contributed by atoms with van der Waals surface area (Å²) in [5, 5.41) is 19.4. The first kappa shape index (κ1) is 23.9. The van der Waals surface area contributed by atoms with Crippen LogP contribution in [0.15, 0.2) is 48.6 Å². The summed E-state index contributed by atoms with van der Waals surface area (Å²) in [5.74, 6) is -1.07. The molecule has 0 unspecified atom stereocenters. The summed E-state index contributed by atoms with van der Waals surface area (Å²) in [6.45, 7) is 4.24. The number of benzene rings is 2. The Hall–Kier alpha value is -3.33. The van der Waals surface area contributed by atoms with Crippen molar-refractivity contribution >= 4 is 24.8 Å². The van der Waals surface area contributed by atoms with Crippen LogP contribution in [0.3, 0.4) is 0 Å². The van der Waals surface area contributed by atoms with Gasteiger partial charge in [0.2, 0.25) is 0 Å². The number of thiol groups is 1. The minimum Gasteiger partial charge on any atom is -0.504 e. The molecule has 2 aromatic carbocycles. The molecule has 0 aliphatic heterocycles. The van der Waals surface area contributed by atoms with E-state index in [4.69, 9.17) is 14.2 Å². The van der Waals surface area contributed by atoms with E-state index < -0.39 is 11.9 Å². The summed E-state index contributed by atoms with van der Waals surface area (Å²) in [4.78, 5) is 24.0. The van der Waals surface area contributed by atoms with Gasteiger partial charge in [0.1, 0.15) is 0 Å². The molecule has 0 aliphatic carbocycles. The second-order valence-electron chi connectivity index (χ2n) is 6.54. The van der Waals surface area contributed by atoms with Crippen LogP contribution in [0.1, 0.15) is 40.0 Å². The van der Waals surface area contributed by atoms with Crippen molar-refractivity contribution in [3.05, 3.63) is 59.7 Å². The molecule has 2 N–H and O–H groups in total. The molecule has 0 saturated heterocycles. The molecule has 0 fully saturated rings. The summed E-state index contributed by atoms with van der Waals surface area (Å²) in [5.41, 5.74) is 1.25. The Morgan fingerprint density at radius 3 is 1.97 bits per heavy atom. The molecular formula is C22H24O8S. The lowest BCUT2D eigenvalue weighted by atomic mass is 10.1. The Labute approximate surface area is 185 Å². The first-order valence-corrected chi connectivity index (χ1v) is 9.74. The highest BCUT2D eigenvalue weighted by Gasteiger charge is 2.12. The Bertz CT molecular complexity index is 941. The van der Waals surface area contributed by atoms with Crippen molar-refractivity contribution < 1.29 is 38.2 Å². The van der Waals surface area contributed by atoms with Crippen LogP contribution in [0, 0.1) is 0 Å².